The lowest BCUT2D eigenvalue weighted by Crippen LogP contribution is -1.98. The molecule has 1 N–H and O–H groups in total. The van der Waals surface area contributed by atoms with Crippen molar-refractivity contribution in [3.63, 3.8) is 0 Å². The number of anilines is 1. The zero-order valence-corrected chi connectivity index (χ0v) is 9.02. The first-order valence-corrected chi connectivity index (χ1v) is 4.72. The molecule has 5 heteroatoms. The highest BCUT2D eigenvalue weighted by Gasteiger charge is 2.05. The van der Waals surface area contributed by atoms with E-state index in [1.165, 1.54) is 0 Å². The topological polar surface area (TPSA) is 55.6 Å². The van der Waals surface area contributed by atoms with Crippen LogP contribution in [0.3, 0.4) is 0 Å². The second kappa shape index (κ2) is 3.68. The Kier molecular flexibility index (Phi) is 2.37. The number of hydrogen-bond acceptors (Lipinski definition) is 4. The van der Waals surface area contributed by atoms with Crippen LogP contribution in [0, 0.1) is 6.92 Å². The van der Waals surface area contributed by atoms with Crippen molar-refractivity contribution >= 4 is 5.82 Å². The van der Waals surface area contributed by atoms with E-state index in [1.54, 1.807) is 4.68 Å². The Morgan fingerprint density at radius 3 is 2.67 bits per heavy atom. The molecule has 0 aliphatic heterocycles. The first kappa shape index (κ1) is 9.64. The lowest BCUT2D eigenvalue weighted by molar-refractivity contribution is 0.769. The highest BCUT2D eigenvalue weighted by molar-refractivity contribution is 5.57. The van der Waals surface area contributed by atoms with Gasteiger partial charge in [-0.1, -0.05) is 0 Å². The van der Waals surface area contributed by atoms with Gasteiger partial charge in [-0.3, -0.25) is 4.68 Å². The van der Waals surface area contributed by atoms with Crippen molar-refractivity contribution < 1.29 is 0 Å². The molecule has 0 amide bonds. The predicted octanol–water partition coefficient (Wildman–Crippen LogP) is 1.23. The van der Waals surface area contributed by atoms with Crippen LogP contribution in [0.1, 0.15) is 5.82 Å². The third-order valence-electron chi connectivity index (χ3n) is 2.07. The molecule has 0 atom stereocenters. The van der Waals surface area contributed by atoms with Crippen LogP contribution in [-0.2, 0) is 7.05 Å². The van der Waals surface area contributed by atoms with Gasteiger partial charge in [0.25, 0.3) is 0 Å². The molecule has 2 heterocycles. The molecule has 0 spiro atoms. The Morgan fingerprint density at radius 2 is 2.07 bits per heavy atom. The van der Waals surface area contributed by atoms with Gasteiger partial charge in [0.05, 0.1) is 5.69 Å². The maximum absolute atomic E-state index is 4.34. The summed E-state index contributed by atoms with van der Waals surface area (Å²) in [4.78, 5) is 8.57. The first-order chi connectivity index (χ1) is 7.19. The van der Waals surface area contributed by atoms with E-state index >= 15 is 0 Å². The summed E-state index contributed by atoms with van der Waals surface area (Å²) in [6, 6.07) is 3.82. The molecule has 15 heavy (non-hydrogen) atoms. The average molecular weight is 203 g/mol. The van der Waals surface area contributed by atoms with Crippen LogP contribution in [-0.4, -0.2) is 26.8 Å². The van der Waals surface area contributed by atoms with Crippen molar-refractivity contribution in [3.05, 3.63) is 24.2 Å². The van der Waals surface area contributed by atoms with Gasteiger partial charge >= 0.3 is 0 Å². The molecule has 0 radical (unpaired) electrons. The third-order valence-corrected chi connectivity index (χ3v) is 2.07. The molecule has 0 unspecified atom stereocenters. The van der Waals surface area contributed by atoms with Crippen molar-refractivity contribution in [2.45, 2.75) is 6.92 Å². The molecule has 2 aromatic heterocycles. The van der Waals surface area contributed by atoms with E-state index in [0.29, 0.717) is 0 Å². The summed E-state index contributed by atoms with van der Waals surface area (Å²) in [7, 11) is 3.72. The lowest BCUT2D eigenvalue weighted by Gasteiger charge is -2.02. The Balaban J connectivity index is 2.48. The lowest BCUT2D eigenvalue weighted by atomic mass is 10.3. The number of rotatable bonds is 2. The summed E-state index contributed by atoms with van der Waals surface area (Å²) in [6.07, 6.45) is 1.89. The molecule has 0 saturated carbocycles. The molecule has 2 aromatic rings. The summed E-state index contributed by atoms with van der Waals surface area (Å²) in [5.74, 6) is 1.55. The quantitative estimate of drug-likeness (QED) is 0.797. The van der Waals surface area contributed by atoms with Crippen molar-refractivity contribution in [1.82, 2.24) is 19.7 Å². The van der Waals surface area contributed by atoms with Gasteiger partial charge in [-0.25, -0.2) is 9.97 Å². The number of nitrogens with one attached hydrogen (secondary N) is 1. The van der Waals surface area contributed by atoms with Gasteiger partial charge in [-0.2, -0.15) is 5.10 Å². The van der Waals surface area contributed by atoms with E-state index in [-0.39, 0.29) is 0 Å². The second-order valence-corrected chi connectivity index (χ2v) is 3.31. The zero-order valence-electron chi connectivity index (χ0n) is 9.02. The van der Waals surface area contributed by atoms with Gasteiger partial charge in [-0.15, -0.1) is 0 Å². The van der Waals surface area contributed by atoms with Crippen molar-refractivity contribution in [1.29, 1.82) is 0 Å². The average Bonchev–Trinajstić information content (AvgIpc) is 2.64. The van der Waals surface area contributed by atoms with Gasteiger partial charge < -0.3 is 5.32 Å². The van der Waals surface area contributed by atoms with Crippen LogP contribution < -0.4 is 5.32 Å². The van der Waals surface area contributed by atoms with Crippen molar-refractivity contribution in [2.24, 2.45) is 7.05 Å². The molecular formula is C10H13N5. The minimum Gasteiger partial charge on any atom is -0.373 e. The maximum Gasteiger partial charge on any atom is 0.130 e. The van der Waals surface area contributed by atoms with Crippen molar-refractivity contribution in [2.75, 3.05) is 12.4 Å². The highest BCUT2D eigenvalue weighted by Crippen LogP contribution is 2.17. The molecule has 0 aliphatic rings. The number of aromatic nitrogens is 4. The molecule has 0 bridgehead atoms. The summed E-state index contributed by atoms with van der Waals surface area (Å²) in [5.41, 5.74) is 1.70. The fourth-order valence-electron chi connectivity index (χ4n) is 1.38. The highest BCUT2D eigenvalue weighted by atomic mass is 15.2. The van der Waals surface area contributed by atoms with E-state index in [4.69, 9.17) is 0 Å². The van der Waals surface area contributed by atoms with Crippen LogP contribution in [0.15, 0.2) is 18.3 Å². The van der Waals surface area contributed by atoms with Gasteiger partial charge in [0.1, 0.15) is 17.3 Å². The summed E-state index contributed by atoms with van der Waals surface area (Å²) >= 11 is 0. The van der Waals surface area contributed by atoms with E-state index in [2.05, 4.69) is 20.4 Å². The molecule has 0 saturated heterocycles. The van der Waals surface area contributed by atoms with E-state index in [1.807, 2.05) is 39.3 Å². The van der Waals surface area contributed by atoms with Crippen LogP contribution >= 0.6 is 0 Å². The zero-order chi connectivity index (χ0) is 10.8. The Labute approximate surface area is 88.2 Å². The maximum atomic E-state index is 4.34. The Bertz CT molecular complexity index is 474. The van der Waals surface area contributed by atoms with Gasteiger partial charge in [0, 0.05) is 26.4 Å². The Hall–Kier alpha value is -1.91. The molecule has 0 aliphatic carbocycles. The third kappa shape index (κ3) is 1.96. The monoisotopic (exact) mass is 203 g/mol. The van der Waals surface area contributed by atoms with Gasteiger partial charge in [0.2, 0.25) is 0 Å². The molecule has 5 nitrogen and oxygen atoms in total. The molecular weight excluding hydrogens is 190 g/mol. The summed E-state index contributed by atoms with van der Waals surface area (Å²) in [6.45, 7) is 1.87. The largest absolute Gasteiger partial charge is 0.373 e. The fraction of sp³-hybridized carbons (Fsp3) is 0.300. The number of hydrogen-bond donors (Lipinski definition) is 1. The van der Waals surface area contributed by atoms with E-state index < -0.39 is 0 Å². The smallest absolute Gasteiger partial charge is 0.130 e. The van der Waals surface area contributed by atoms with E-state index in [0.717, 1.165) is 23.0 Å². The van der Waals surface area contributed by atoms with Crippen LogP contribution in [0.2, 0.25) is 0 Å². The molecule has 0 fully saturated rings. The molecule has 78 valence electrons. The van der Waals surface area contributed by atoms with Crippen LogP contribution in [0.25, 0.3) is 11.4 Å². The normalized spacial score (nSPS) is 10.3. The minimum atomic E-state index is 0.738. The second-order valence-electron chi connectivity index (χ2n) is 3.31. The SMILES string of the molecule is CNc1cc(-c2ccn(C)n2)nc(C)n1. The summed E-state index contributed by atoms with van der Waals surface area (Å²) < 4.78 is 1.76. The number of aryl methyl sites for hydroxylation is 2. The van der Waals surface area contributed by atoms with E-state index in [9.17, 15) is 0 Å². The minimum absolute atomic E-state index is 0.738. The standard InChI is InChI=1S/C10H13N5/c1-7-12-9(6-10(11-2)13-7)8-4-5-15(3)14-8/h4-6H,1-3H3,(H,11,12,13). The van der Waals surface area contributed by atoms with Gasteiger partial charge in [0.15, 0.2) is 0 Å². The van der Waals surface area contributed by atoms with Crippen LogP contribution in [0.4, 0.5) is 5.82 Å². The predicted molar refractivity (Wildman–Crippen MR) is 58.5 cm³/mol. The molecule has 2 rings (SSSR count). The first-order valence-electron chi connectivity index (χ1n) is 4.72. The van der Waals surface area contributed by atoms with Crippen molar-refractivity contribution in [3.8, 4) is 11.4 Å². The fourth-order valence-corrected chi connectivity index (χ4v) is 1.38. The number of nitrogens with zero attached hydrogens (tertiary/aromatic N) is 4. The molecule has 0 aromatic carbocycles. The summed E-state index contributed by atoms with van der Waals surface area (Å²) in [5, 5.41) is 7.30. The van der Waals surface area contributed by atoms with Crippen LogP contribution in [0.5, 0.6) is 0 Å². The van der Waals surface area contributed by atoms with Gasteiger partial charge in [-0.05, 0) is 13.0 Å². The Morgan fingerprint density at radius 1 is 1.27 bits per heavy atom.